The van der Waals surface area contributed by atoms with Gasteiger partial charge in [-0.15, -0.1) is 5.10 Å². The van der Waals surface area contributed by atoms with E-state index in [1.807, 2.05) is 6.92 Å². The average Bonchev–Trinajstić information content (AvgIpc) is 3.38. The Morgan fingerprint density at radius 2 is 2.06 bits per heavy atom. The van der Waals surface area contributed by atoms with Crippen molar-refractivity contribution >= 4 is 21.9 Å². The van der Waals surface area contributed by atoms with Crippen LogP contribution in [0, 0.1) is 6.92 Å². The first-order chi connectivity index (χ1) is 15.5. The molecule has 1 amide bonds. The van der Waals surface area contributed by atoms with Crippen molar-refractivity contribution in [1.82, 2.24) is 30.1 Å². The fraction of sp³-hybridized carbons (Fsp3) is 0.350. The van der Waals surface area contributed by atoms with Gasteiger partial charge in [0.15, 0.2) is 5.54 Å². The lowest BCUT2D eigenvalue weighted by Crippen LogP contribution is -2.55. The standard InChI is InChI=1S/C20H25N7O5S/c1-14-6-7-16(18(28)23-20(2,19(29)30)13-26-9-4-8-22-26)17(11-14)27-12-15(24-25-27)5-3-10-33(21,31)32/h4,6-9,11-12H,3,5,10,13H2,1-2H3,(H,23,28)(H,29,30)(H2,21,31,32). The third-order valence-electron chi connectivity index (χ3n) is 4.95. The highest BCUT2D eigenvalue weighted by molar-refractivity contribution is 7.89. The number of carbonyl (C=O) groups excluding carboxylic acids is 1. The van der Waals surface area contributed by atoms with Crippen molar-refractivity contribution in [2.45, 2.75) is 38.8 Å². The van der Waals surface area contributed by atoms with E-state index in [0.29, 0.717) is 17.8 Å². The van der Waals surface area contributed by atoms with Gasteiger partial charge in [0.05, 0.1) is 35.4 Å². The number of hydrogen-bond donors (Lipinski definition) is 3. The minimum absolute atomic E-state index is 0.0697. The molecule has 12 nitrogen and oxygen atoms in total. The fourth-order valence-electron chi connectivity index (χ4n) is 3.20. The molecule has 3 aromatic rings. The van der Waals surface area contributed by atoms with Crippen LogP contribution in [0.3, 0.4) is 0 Å². The van der Waals surface area contributed by atoms with Gasteiger partial charge in [-0.2, -0.15) is 5.10 Å². The minimum Gasteiger partial charge on any atom is -0.479 e. The van der Waals surface area contributed by atoms with Gasteiger partial charge in [0.1, 0.15) is 0 Å². The normalized spacial score (nSPS) is 13.4. The quantitative estimate of drug-likeness (QED) is 0.374. The van der Waals surface area contributed by atoms with E-state index in [2.05, 4.69) is 20.7 Å². The van der Waals surface area contributed by atoms with Gasteiger partial charge in [-0.05, 0) is 50.5 Å². The van der Waals surface area contributed by atoms with Gasteiger partial charge in [0.25, 0.3) is 5.91 Å². The molecular formula is C20H25N7O5S. The predicted molar refractivity (Wildman–Crippen MR) is 118 cm³/mol. The zero-order chi connectivity index (χ0) is 24.2. The maximum absolute atomic E-state index is 13.1. The van der Waals surface area contributed by atoms with Crippen LogP contribution in [0.25, 0.3) is 5.69 Å². The van der Waals surface area contributed by atoms with Crippen molar-refractivity contribution in [3.8, 4) is 5.69 Å². The Bertz CT molecular complexity index is 1250. The lowest BCUT2D eigenvalue weighted by molar-refractivity contribution is -0.144. The summed E-state index contributed by atoms with van der Waals surface area (Å²) in [6, 6.07) is 6.70. The van der Waals surface area contributed by atoms with Gasteiger partial charge in [0, 0.05) is 12.4 Å². The summed E-state index contributed by atoms with van der Waals surface area (Å²) >= 11 is 0. The number of amides is 1. The second kappa shape index (κ2) is 9.50. The number of carboxylic acids is 1. The summed E-state index contributed by atoms with van der Waals surface area (Å²) in [6.45, 7) is 3.18. The molecule has 0 radical (unpaired) electrons. The minimum atomic E-state index is -3.57. The number of carboxylic acid groups (broad SMARTS) is 1. The SMILES string of the molecule is Cc1ccc(C(=O)NC(C)(Cn2cccn2)C(=O)O)c(-n2cc(CCCS(N)(=O)=O)nn2)c1. The molecule has 13 heteroatoms. The molecule has 0 aliphatic carbocycles. The van der Waals surface area contributed by atoms with Crippen LogP contribution in [0.1, 0.15) is 35.0 Å². The highest BCUT2D eigenvalue weighted by Crippen LogP contribution is 2.19. The molecule has 4 N–H and O–H groups in total. The summed E-state index contributed by atoms with van der Waals surface area (Å²) in [6.07, 6.45) is 5.34. The number of aliphatic carboxylic acids is 1. The van der Waals surface area contributed by atoms with Crippen molar-refractivity contribution in [2.75, 3.05) is 5.75 Å². The number of sulfonamides is 1. The predicted octanol–water partition coefficient (Wildman–Crippen LogP) is 0.267. The third kappa shape index (κ3) is 6.23. The molecule has 1 unspecified atom stereocenters. The van der Waals surface area contributed by atoms with E-state index in [0.717, 1.165) is 5.56 Å². The first-order valence-corrected chi connectivity index (χ1v) is 11.7. The maximum atomic E-state index is 13.1. The molecule has 3 rings (SSSR count). The Morgan fingerprint density at radius 1 is 1.30 bits per heavy atom. The molecular weight excluding hydrogens is 450 g/mol. The molecule has 0 spiro atoms. The number of aryl methyl sites for hydroxylation is 2. The molecule has 0 fully saturated rings. The largest absolute Gasteiger partial charge is 0.479 e. The van der Waals surface area contributed by atoms with Gasteiger partial charge in [0.2, 0.25) is 10.0 Å². The number of hydrogen-bond acceptors (Lipinski definition) is 7. The van der Waals surface area contributed by atoms with E-state index in [4.69, 9.17) is 5.14 Å². The van der Waals surface area contributed by atoms with Crippen LogP contribution < -0.4 is 10.5 Å². The van der Waals surface area contributed by atoms with Crippen LogP contribution in [-0.4, -0.2) is 61.5 Å². The van der Waals surface area contributed by atoms with Crippen molar-refractivity contribution in [1.29, 1.82) is 0 Å². The smallest absolute Gasteiger partial charge is 0.331 e. The van der Waals surface area contributed by atoms with Gasteiger partial charge < -0.3 is 10.4 Å². The molecule has 1 atom stereocenters. The van der Waals surface area contributed by atoms with E-state index in [-0.39, 0.29) is 24.3 Å². The molecule has 0 bridgehead atoms. The Morgan fingerprint density at radius 3 is 2.70 bits per heavy atom. The molecule has 176 valence electrons. The van der Waals surface area contributed by atoms with Crippen LogP contribution in [0.15, 0.2) is 42.9 Å². The Kier molecular flexibility index (Phi) is 6.93. The van der Waals surface area contributed by atoms with Crippen molar-refractivity contribution in [3.05, 3.63) is 59.7 Å². The number of nitrogens with one attached hydrogen (secondary N) is 1. The van der Waals surface area contributed by atoms with Crippen LogP contribution in [-0.2, 0) is 27.8 Å². The summed E-state index contributed by atoms with van der Waals surface area (Å²) in [5, 5.41) is 29.5. The number of primary sulfonamides is 1. The van der Waals surface area contributed by atoms with Crippen molar-refractivity contribution in [2.24, 2.45) is 5.14 Å². The average molecular weight is 476 g/mol. The lowest BCUT2D eigenvalue weighted by atomic mass is 10.0. The highest BCUT2D eigenvalue weighted by atomic mass is 32.2. The molecule has 0 aliphatic rings. The molecule has 1 aromatic carbocycles. The molecule has 0 aliphatic heterocycles. The van der Waals surface area contributed by atoms with Gasteiger partial charge in [-0.3, -0.25) is 9.48 Å². The maximum Gasteiger partial charge on any atom is 0.331 e. The number of aromatic nitrogens is 5. The lowest BCUT2D eigenvalue weighted by Gasteiger charge is -2.26. The van der Waals surface area contributed by atoms with E-state index in [9.17, 15) is 23.1 Å². The molecule has 2 heterocycles. The van der Waals surface area contributed by atoms with Crippen LogP contribution in [0.4, 0.5) is 0 Å². The van der Waals surface area contributed by atoms with E-state index >= 15 is 0 Å². The Balaban J connectivity index is 1.85. The van der Waals surface area contributed by atoms with Crippen LogP contribution in [0.5, 0.6) is 0 Å². The summed E-state index contributed by atoms with van der Waals surface area (Å²) in [5.74, 6) is -1.99. The third-order valence-corrected chi connectivity index (χ3v) is 5.80. The van der Waals surface area contributed by atoms with Crippen molar-refractivity contribution in [3.63, 3.8) is 0 Å². The van der Waals surface area contributed by atoms with E-state index < -0.39 is 27.4 Å². The first-order valence-electron chi connectivity index (χ1n) is 10.0. The summed E-state index contributed by atoms with van der Waals surface area (Å²) in [4.78, 5) is 25.1. The molecule has 33 heavy (non-hydrogen) atoms. The van der Waals surface area contributed by atoms with Gasteiger partial charge >= 0.3 is 5.97 Å². The second-order valence-electron chi connectivity index (χ2n) is 7.94. The Hall–Kier alpha value is -3.58. The van der Waals surface area contributed by atoms with E-state index in [1.165, 1.54) is 22.5 Å². The van der Waals surface area contributed by atoms with Crippen LogP contribution >= 0.6 is 0 Å². The van der Waals surface area contributed by atoms with Crippen LogP contribution in [0.2, 0.25) is 0 Å². The molecule has 0 saturated heterocycles. The van der Waals surface area contributed by atoms with Gasteiger partial charge in [-0.25, -0.2) is 23.0 Å². The number of carbonyl (C=O) groups is 2. The summed E-state index contributed by atoms with van der Waals surface area (Å²) < 4.78 is 25.1. The molecule has 0 saturated carbocycles. The summed E-state index contributed by atoms with van der Waals surface area (Å²) in [5.41, 5.74) is 0.372. The highest BCUT2D eigenvalue weighted by Gasteiger charge is 2.36. The second-order valence-corrected chi connectivity index (χ2v) is 9.67. The molecule has 2 aromatic heterocycles. The zero-order valence-electron chi connectivity index (χ0n) is 18.2. The fourth-order valence-corrected chi connectivity index (χ4v) is 3.75. The number of rotatable bonds is 10. The first kappa shape index (κ1) is 24.1. The van der Waals surface area contributed by atoms with Gasteiger partial charge in [-0.1, -0.05) is 11.3 Å². The monoisotopic (exact) mass is 475 g/mol. The number of nitrogens with two attached hydrogens (primary N) is 1. The van der Waals surface area contributed by atoms with Crippen molar-refractivity contribution < 1.29 is 23.1 Å². The summed E-state index contributed by atoms with van der Waals surface area (Å²) in [7, 11) is -3.57. The zero-order valence-corrected chi connectivity index (χ0v) is 19.0. The topological polar surface area (TPSA) is 175 Å². The number of nitrogens with zero attached hydrogens (tertiary/aromatic N) is 5. The number of benzene rings is 1. The Labute approximate surface area is 190 Å². The van der Waals surface area contributed by atoms with E-state index in [1.54, 1.807) is 36.7 Å².